The van der Waals surface area contributed by atoms with Gasteiger partial charge in [0.15, 0.2) is 0 Å². The summed E-state index contributed by atoms with van der Waals surface area (Å²) in [5.74, 6) is 1.37. The molecule has 1 unspecified atom stereocenters. The number of hydrogen-bond donors (Lipinski definition) is 1. The van der Waals surface area contributed by atoms with Crippen molar-refractivity contribution in [2.24, 2.45) is 0 Å². The lowest BCUT2D eigenvalue weighted by Gasteiger charge is -2.03. The van der Waals surface area contributed by atoms with Gasteiger partial charge >= 0.3 is 0 Å². The number of halogens is 1. The van der Waals surface area contributed by atoms with Crippen LogP contribution in [0.3, 0.4) is 0 Å². The van der Waals surface area contributed by atoms with Crippen LogP contribution in [0.4, 0.5) is 0 Å². The standard InChI is InChI=1S/C13H15BrO3/c1-3-4-11(15)12-6-8-5-9(16-2)7-10(14)13(8)17-12/h5-7,11,15H,3-4H2,1-2H3. The first-order chi connectivity index (χ1) is 8.15. The number of ether oxygens (including phenoxy) is 1. The average molecular weight is 299 g/mol. The van der Waals surface area contributed by atoms with Gasteiger partial charge in [-0.1, -0.05) is 13.3 Å². The summed E-state index contributed by atoms with van der Waals surface area (Å²) in [5.41, 5.74) is 0.746. The number of benzene rings is 1. The van der Waals surface area contributed by atoms with Crippen LogP contribution in [0.5, 0.6) is 5.75 Å². The zero-order chi connectivity index (χ0) is 12.4. The number of fused-ring (bicyclic) bond motifs is 1. The molecule has 3 nitrogen and oxygen atoms in total. The fourth-order valence-corrected chi connectivity index (χ4v) is 2.34. The second-order valence-electron chi connectivity index (χ2n) is 3.98. The number of aliphatic hydroxyl groups is 1. The third kappa shape index (κ3) is 2.48. The average Bonchev–Trinajstić information content (AvgIpc) is 2.73. The minimum absolute atomic E-state index is 0.537. The lowest BCUT2D eigenvalue weighted by Crippen LogP contribution is -1.93. The van der Waals surface area contributed by atoms with Crippen LogP contribution in [0, 0.1) is 0 Å². The molecule has 92 valence electrons. The molecule has 0 aliphatic heterocycles. The molecule has 0 fully saturated rings. The van der Waals surface area contributed by atoms with E-state index in [4.69, 9.17) is 9.15 Å². The summed E-state index contributed by atoms with van der Waals surface area (Å²) in [6.45, 7) is 2.03. The molecule has 17 heavy (non-hydrogen) atoms. The highest BCUT2D eigenvalue weighted by Gasteiger charge is 2.14. The van der Waals surface area contributed by atoms with E-state index in [0.29, 0.717) is 12.2 Å². The van der Waals surface area contributed by atoms with Crippen LogP contribution < -0.4 is 4.74 Å². The van der Waals surface area contributed by atoms with Gasteiger partial charge in [0.1, 0.15) is 23.2 Å². The Labute approximate surface area is 109 Å². The Hall–Kier alpha value is -1.00. The summed E-state index contributed by atoms with van der Waals surface area (Å²) < 4.78 is 11.7. The molecular weight excluding hydrogens is 284 g/mol. The van der Waals surface area contributed by atoms with Crippen molar-refractivity contribution >= 4 is 26.9 Å². The van der Waals surface area contributed by atoms with Crippen molar-refractivity contribution < 1.29 is 14.3 Å². The highest BCUT2D eigenvalue weighted by molar-refractivity contribution is 9.10. The van der Waals surface area contributed by atoms with Crippen molar-refractivity contribution in [2.75, 3.05) is 7.11 Å². The van der Waals surface area contributed by atoms with E-state index in [9.17, 15) is 5.11 Å². The second-order valence-corrected chi connectivity index (χ2v) is 4.84. The Morgan fingerprint density at radius 1 is 1.41 bits per heavy atom. The molecule has 0 saturated heterocycles. The van der Waals surface area contributed by atoms with E-state index in [-0.39, 0.29) is 0 Å². The van der Waals surface area contributed by atoms with Gasteiger partial charge in [-0.15, -0.1) is 0 Å². The smallest absolute Gasteiger partial charge is 0.148 e. The summed E-state index contributed by atoms with van der Waals surface area (Å²) in [7, 11) is 1.63. The number of methoxy groups -OCH3 is 1. The summed E-state index contributed by atoms with van der Waals surface area (Å²) in [5, 5.41) is 10.8. The Morgan fingerprint density at radius 3 is 2.82 bits per heavy atom. The number of hydrogen-bond acceptors (Lipinski definition) is 3. The highest BCUT2D eigenvalue weighted by Crippen LogP contribution is 2.34. The summed E-state index contributed by atoms with van der Waals surface area (Å²) >= 11 is 3.43. The normalized spacial score (nSPS) is 12.9. The van der Waals surface area contributed by atoms with Crippen molar-refractivity contribution in [3.63, 3.8) is 0 Å². The molecule has 1 N–H and O–H groups in total. The van der Waals surface area contributed by atoms with E-state index in [2.05, 4.69) is 15.9 Å². The molecule has 0 spiro atoms. The van der Waals surface area contributed by atoms with Crippen LogP contribution in [-0.4, -0.2) is 12.2 Å². The van der Waals surface area contributed by atoms with E-state index < -0.39 is 6.10 Å². The van der Waals surface area contributed by atoms with Crippen molar-refractivity contribution in [1.29, 1.82) is 0 Å². The zero-order valence-electron chi connectivity index (χ0n) is 9.87. The molecule has 1 aromatic carbocycles. The number of furan rings is 1. The molecule has 0 saturated carbocycles. The Morgan fingerprint density at radius 2 is 2.18 bits per heavy atom. The quantitative estimate of drug-likeness (QED) is 0.926. The lowest BCUT2D eigenvalue weighted by molar-refractivity contribution is 0.141. The summed E-state index contributed by atoms with van der Waals surface area (Å²) in [6.07, 6.45) is 1.09. The predicted molar refractivity (Wildman–Crippen MR) is 70.3 cm³/mol. The first kappa shape index (κ1) is 12.5. The van der Waals surface area contributed by atoms with Crippen LogP contribution in [0.1, 0.15) is 31.6 Å². The lowest BCUT2D eigenvalue weighted by atomic mass is 10.1. The van der Waals surface area contributed by atoms with Gasteiger partial charge in [0.25, 0.3) is 0 Å². The first-order valence-corrected chi connectivity index (χ1v) is 6.40. The largest absolute Gasteiger partial charge is 0.497 e. The summed E-state index contributed by atoms with van der Waals surface area (Å²) in [4.78, 5) is 0. The van der Waals surface area contributed by atoms with Crippen molar-refractivity contribution in [3.05, 3.63) is 28.4 Å². The minimum atomic E-state index is -0.537. The fraction of sp³-hybridized carbons (Fsp3) is 0.385. The van der Waals surface area contributed by atoms with Gasteiger partial charge in [0.05, 0.1) is 11.6 Å². The Balaban J connectivity index is 2.46. The van der Waals surface area contributed by atoms with E-state index in [1.54, 1.807) is 7.11 Å². The van der Waals surface area contributed by atoms with Gasteiger partial charge in [-0.25, -0.2) is 0 Å². The first-order valence-electron chi connectivity index (χ1n) is 5.60. The predicted octanol–water partition coefficient (Wildman–Crippen LogP) is 4.04. The molecule has 0 aliphatic carbocycles. The van der Waals surface area contributed by atoms with Crippen LogP contribution in [0.25, 0.3) is 11.0 Å². The maximum Gasteiger partial charge on any atom is 0.148 e. The highest BCUT2D eigenvalue weighted by atomic mass is 79.9. The molecule has 0 aliphatic rings. The monoisotopic (exact) mass is 298 g/mol. The maximum absolute atomic E-state index is 9.90. The van der Waals surface area contributed by atoms with Crippen molar-refractivity contribution in [3.8, 4) is 5.75 Å². The van der Waals surface area contributed by atoms with Crippen LogP contribution in [0.2, 0.25) is 0 Å². The molecule has 2 aromatic rings. The van der Waals surface area contributed by atoms with Gasteiger partial charge in [-0.3, -0.25) is 0 Å². The molecule has 0 amide bonds. The maximum atomic E-state index is 9.90. The topological polar surface area (TPSA) is 42.6 Å². The van der Waals surface area contributed by atoms with Gasteiger partial charge in [-0.2, -0.15) is 0 Å². The van der Waals surface area contributed by atoms with E-state index in [1.165, 1.54) is 0 Å². The van der Waals surface area contributed by atoms with Gasteiger partial charge in [0, 0.05) is 5.39 Å². The second kappa shape index (κ2) is 5.10. The van der Waals surface area contributed by atoms with Gasteiger partial charge in [0.2, 0.25) is 0 Å². The molecular formula is C13H15BrO3. The molecule has 1 aromatic heterocycles. The van der Waals surface area contributed by atoms with Crippen LogP contribution in [-0.2, 0) is 0 Å². The molecule has 0 radical (unpaired) electrons. The molecule has 2 rings (SSSR count). The van der Waals surface area contributed by atoms with Gasteiger partial charge in [-0.05, 0) is 40.5 Å². The number of aliphatic hydroxyl groups excluding tert-OH is 1. The third-order valence-corrected chi connectivity index (χ3v) is 3.28. The van der Waals surface area contributed by atoms with Crippen LogP contribution in [0.15, 0.2) is 27.1 Å². The van der Waals surface area contributed by atoms with Crippen molar-refractivity contribution in [2.45, 2.75) is 25.9 Å². The van der Waals surface area contributed by atoms with Gasteiger partial charge < -0.3 is 14.3 Å². The SMILES string of the molecule is CCCC(O)c1cc2cc(OC)cc(Br)c2o1. The van der Waals surface area contributed by atoms with E-state index in [1.807, 2.05) is 25.1 Å². The summed E-state index contributed by atoms with van der Waals surface area (Å²) in [6, 6.07) is 5.61. The Bertz CT molecular complexity index is 519. The molecule has 4 heteroatoms. The zero-order valence-corrected chi connectivity index (χ0v) is 11.5. The van der Waals surface area contributed by atoms with E-state index >= 15 is 0 Å². The molecule has 0 bridgehead atoms. The molecule has 1 heterocycles. The molecule has 1 atom stereocenters. The van der Waals surface area contributed by atoms with Crippen LogP contribution >= 0.6 is 15.9 Å². The Kier molecular flexibility index (Phi) is 3.74. The minimum Gasteiger partial charge on any atom is -0.497 e. The third-order valence-electron chi connectivity index (χ3n) is 2.69. The fourth-order valence-electron chi connectivity index (χ4n) is 1.80. The number of rotatable bonds is 4. The van der Waals surface area contributed by atoms with Crippen molar-refractivity contribution in [1.82, 2.24) is 0 Å². The van der Waals surface area contributed by atoms with E-state index in [0.717, 1.165) is 27.6 Å².